The van der Waals surface area contributed by atoms with Crippen LogP contribution in [0.1, 0.15) is 11.8 Å². The number of hydrogen-bond donors (Lipinski definition) is 1. The number of aryl methyl sites for hydroxylation is 1. The summed E-state index contributed by atoms with van der Waals surface area (Å²) in [4.78, 5) is 25.2. The van der Waals surface area contributed by atoms with Crippen LogP contribution in [0, 0.1) is 6.92 Å². The van der Waals surface area contributed by atoms with Gasteiger partial charge in [0.25, 0.3) is 5.56 Å². The van der Waals surface area contributed by atoms with Crippen LogP contribution in [0.25, 0.3) is 0 Å². The summed E-state index contributed by atoms with van der Waals surface area (Å²) in [7, 11) is -5.25. The lowest BCUT2D eigenvalue weighted by molar-refractivity contribution is -0.171. The molecule has 2 unspecified atom stereocenters. The minimum absolute atomic E-state index is 0.178. The Hall–Kier alpha value is -1.93. The number of nitrogens with one attached hydrogen (secondary N) is 1. The van der Waals surface area contributed by atoms with Gasteiger partial charge in [-0.25, -0.2) is 9.36 Å². The van der Waals surface area contributed by atoms with Crippen molar-refractivity contribution in [2.45, 2.75) is 31.6 Å². The van der Waals surface area contributed by atoms with Gasteiger partial charge in [0, 0.05) is 11.8 Å². The molecule has 0 amide bonds. The Kier molecular flexibility index (Phi) is 7.35. The number of phosphoric ester groups is 1. The molecule has 2 rings (SSSR count). The highest BCUT2D eigenvalue weighted by Gasteiger charge is 2.40. The number of rotatable bonds is 8. The van der Waals surface area contributed by atoms with Gasteiger partial charge in [0.15, 0.2) is 19.4 Å². The van der Waals surface area contributed by atoms with Gasteiger partial charge in [-0.2, -0.15) is 26.3 Å². The first-order chi connectivity index (χ1) is 13.7. The van der Waals surface area contributed by atoms with Gasteiger partial charge < -0.3 is 4.74 Å². The third-order valence-electron chi connectivity index (χ3n) is 3.39. The molecule has 0 saturated heterocycles. The standard InChI is InChI=1S/C14H15F6N2O7P/c1-8-4-22(12(24)21-11(8)23)10-3-2-9(29-10)5-26-30(25,27-6-13(15,16)17)28-7-14(18,19)20/h2-4,9-10H,5-7H2,1H3,(H,21,23,24). The smallest absolute Gasteiger partial charge is 0.344 e. The molecule has 0 fully saturated rings. The minimum Gasteiger partial charge on any atom is -0.344 e. The molecule has 0 aliphatic carbocycles. The van der Waals surface area contributed by atoms with E-state index in [1.165, 1.54) is 25.3 Å². The summed E-state index contributed by atoms with van der Waals surface area (Å²) in [5, 5.41) is 0. The zero-order valence-corrected chi connectivity index (χ0v) is 15.9. The summed E-state index contributed by atoms with van der Waals surface area (Å²) in [6.07, 6.45) is -8.43. The fourth-order valence-corrected chi connectivity index (χ4v) is 3.26. The minimum atomic E-state index is -5.25. The molecule has 1 aromatic heterocycles. The molecule has 1 aliphatic rings. The quantitative estimate of drug-likeness (QED) is 0.355. The van der Waals surface area contributed by atoms with E-state index >= 15 is 0 Å². The van der Waals surface area contributed by atoms with Crippen molar-refractivity contribution in [3.05, 3.63) is 44.8 Å². The Morgan fingerprint density at radius 2 is 1.63 bits per heavy atom. The third kappa shape index (κ3) is 7.40. The Balaban J connectivity index is 2.02. The van der Waals surface area contributed by atoms with E-state index in [1.54, 1.807) is 0 Å². The van der Waals surface area contributed by atoms with Crippen molar-refractivity contribution < 1.29 is 49.2 Å². The van der Waals surface area contributed by atoms with Crippen molar-refractivity contribution in [3.63, 3.8) is 0 Å². The van der Waals surface area contributed by atoms with Crippen LogP contribution in [0.15, 0.2) is 27.9 Å². The maximum atomic E-state index is 12.3. The van der Waals surface area contributed by atoms with Crippen LogP contribution in [0.4, 0.5) is 26.3 Å². The Labute approximate surface area is 163 Å². The van der Waals surface area contributed by atoms with Gasteiger partial charge >= 0.3 is 25.9 Å². The van der Waals surface area contributed by atoms with Gasteiger partial charge in [-0.3, -0.25) is 27.9 Å². The first-order valence-electron chi connectivity index (χ1n) is 8.00. The monoisotopic (exact) mass is 468 g/mol. The summed E-state index contributed by atoms with van der Waals surface area (Å²) in [6, 6.07) is 0. The Morgan fingerprint density at radius 1 is 1.07 bits per heavy atom. The van der Waals surface area contributed by atoms with Gasteiger partial charge in [0.1, 0.15) is 6.10 Å². The fraction of sp³-hybridized carbons (Fsp3) is 0.571. The van der Waals surface area contributed by atoms with Crippen LogP contribution in [-0.4, -0.2) is 47.8 Å². The summed E-state index contributed by atoms with van der Waals surface area (Å²) in [6.45, 7) is -3.73. The highest BCUT2D eigenvalue weighted by Crippen LogP contribution is 2.51. The molecule has 2 heterocycles. The molecule has 16 heteroatoms. The molecule has 0 aromatic carbocycles. The Bertz CT molecular complexity index is 916. The number of phosphoric acid groups is 1. The number of ether oxygens (including phenoxy) is 1. The zero-order chi connectivity index (χ0) is 22.7. The Morgan fingerprint density at radius 3 is 2.17 bits per heavy atom. The van der Waals surface area contributed by atoms with Crippen molar-refractivity contribution in [2.24, 2.45) is 0 Å². The molecule has 170 valence electrons. The molecule has 0 saturated carbocycles. The maximum Gasteiger partial charge on any atom is 0.475 e. The van der Waals surface area contributed by atoms with Crippen LogP contribution in [0.3, 0.4) is 0 Å². The zero-order valence-electron chi connectivity index (χ0n) is 15.0. The average Bonchev–Trinajstić information content (AvgIpc) is 3.08. The van der Waals surface area contributed by atoms with Crippen LogP contribution < -0.4 is 11.2 Å². The van der Waals surface area contributed by atoms with Crippen LogP contribution in [0.5, 0.6) is 0 Å². The van der Waals surface area contributed by atoms with E-state index in [2.05, 4.69) is 13.6 Å². The predicted molar refractivity (Wildman–Crippen MR) is 86.7 cm³/mol. The molecule has 30 heavy (non-hydrogen) atoms. The number of aromatic amines is 1. The molecule has 0 bridgehead atoms. The topological polar surface area (TPSA) is 109 Å². The normalized spacial score (nSPS) is 20.1. The number of nitrogens with zero attached hydrogens (tertiary/aromatic N) is 1. The lowest BCUT2D eigenvalue weighted by Crippen LogP contribution is -2.33. The number of alkyl halides is 6. The van der Waals surface area contributed by atoms with Crippen molar-refractivity contribution in [2.75, 3.05) is 19.8 Å². The number of H-pyrrole nitrogens is 1. The fourth-order valence-electron chi connectivity index (χ4n) is 2.10. The van der Waals surface area contributed by atoms with Gasteiger partial charge in [-0.05, 0) is 13.0 Å². The summed E-state index contributed by atoms with van der Waals surface area (Å²) < 4.78 is 104. The number of halogens is 6. The van der Waals surface area contributed by atoms with Gasteiger partial charge in [0.05, 0.1) is 6.61 Å². The second-order valence-electron chi connectivity index (χ2n) is 5.95. The number of hydrogen-bond acceptors (Lipinski definition) is 7. The van der Waals surface area contributed by atoms with E-state index in [0.29, 0.717) is 0 Å². The molecular formula is C14H15F6N2O7P. The first kappa shape index (κ1) is 24.3. The second kappa shape index (κ2) is 9.06. The van der Waals surface area contributed by atoms with E-state index in [1.807, 2.05) is 4.98 Å². The lowest BCUT2D eigenvalue weighted by Gasteiger charge is -2.21. The van der Waals surface area contributed by atoms with Crippen LogP contribution in [-0.2, 0) is 22.9 Å². The van der Waals surface area contributed by atoms with Gasteiger partial charge in [-0.15, -0.1) is 0 Å². The van der Waals surface area contributed by atoms with Gasteiger partial charge in [-0.1, -0.05) is 6.08 Å². The average molecular weight is 468 g/mol. The van der Waals surface area contributed by atoms with Crippen molar-refractivity contribution in [1.29, 1.82) is 0 Å². The van der Waals surface area contributed by atoms with E-state index in [-0.39, 0.29) is 5.56 Å². The van der Waals surface area contributed by atoms with Gasteiger partial charge in [0.2, 0.25) is 0 Å². The first-order valence-corrected chi connectivity index (χ1v) is 9.46. The molecule has 9 nitrogen and oxygen atoms in total. The van der Waals surface area contributed by atoms with E-state index < -0.39 is 63.6 Å². The maximum absolute atomic E-state index is 12.3. The van der Waals surface area contributed by atoms with E-state index in [9.17, 15) is 40.5 Å². The van der Waals surface area contributed by atoms with Crippen LogP contribution >= 0.6 is 7.82 Å². The summed E-state index contributed by atoms with van der Waals surface area (Å²) in [5.41, 5.74) is -1.27. The summed E-state index contributed by atoms with van der Waals surface area (Å²) in [5.74, 6) is 0. The molecule has 2 atom stereocenters. The highest BCUT2D eigenvalue weighted by atomic mass is 31.2. The highest BCUT2D eigenvalue weighted by molar-refractivity contribution is 7.48. The molecule has 1 N–H and O–H groups in total. The summed E-state index contributed by atoms with van der Waals surface area (Å²) >= 11 is 0. The molecular weight excluding hydrogens is 453 g/mol. The van der Waals surface area contributed by atoms with Crippen molar-refractivity contribution >= 4 is 7.82 Å². The molecule has 1 aromatic rings. The molecule has 0 spiro atoms. The van der Waals surface area contributed by atoms with Crippen LogP contribution in [0.2, 0.25) is 0 Å². The SMILES string of the molecule is Cc1cn(C2C=CC(COP(=O)(OCC(F)(F)F)OCC(F)(F)F)O2)c(=O)[nH]c1=O. The largest absolute Gasteiger partial charge is 0.475 e. The number of aromatic nitrogens is 2. The molecule has 1 aliphatic heterocycles. The second-order valence-corrected chi connectivity index (χ2v) is 7.62. The van der Waals surface area contributed by atoms with E-state index in [0.717, 1.165) is 4.57 Å². The van der Waals surface area contributed by atoms with Crippen molar-refractivity contribution in [1.82, 2.24) is 9.55 Å². The van der Waals surface area contributed by atoms with Crippen molar-refractivity contribution in [3.8, 4) is 0 Å². The van der Waals surface area contributed by atoms with E-state index in [4.69, 9.17) is 4.74 Å². The molecule has 0 radical (unpaired) electrons. The predicted octanol–water partition coefficient (Wildman–Crippen LogP) is 2.58. The third-order valence-corrected chi connectivity index (χ3v) is 4.75. The lowest BCUT2D eigenvalue weighted by atomic mass is 10.3.